The van der Waals surface area contributed by atoms with Crippen molar-refractivity contribution < 1.29 is 10.0 Å². The van der Waals surface area contributed by atoms with Crippen molar-refractivity contribution in [1.29, 1.82) is 0 Å². The third kappa shape index (κ3) is 6.73. The summed E-state index contributed by atoms with van der Waals surface area (Å²) >= 11 is 0. The fourth-order valence-electron chi connectivity index (χ4n) is 1.07. The molecule has 6 nitrogen and oxygen atoms in total. The molecule has 0 radical (unpaired) electrons. The fourth-order valence-corrected chi connectivity index (χ4v) is 1.07. The Kier molecular flexibility index (Phi) is 6.44. The van der Waals surface area contributed by atoms with Crippen LogP contribution >= 0.6 is 0 Å². The second-order valence-electron chi connectivity index (χ2n) is 3.74. The largest absolute Gasteiger partial charge is 0.409 e. The number of hydrogen-bond acceptors (Lipinski definition) is 4. The monoisotopic (exact) mass is 216 g/mol. The van der Waals surface area contributed by atoms with Crippen molar-refractivity contribution in [3.8, 4) is 0 Å². The molecule has 88 valence electrons. The molecule has 0 aliphatic heterocycles. The summed E-state index contributed by atoms with van der Waals surface area (Å²) in [6, 6.07) is 0. The standard InChI is InChI=1S/C9H20N4O2/c1-12(2)5-4-6-13(3)9(14)7-8(10)11-15/h15H,4-7H2,1-3H3,(H2,10,11). The normalized spacial score (nSPS) is 11.9. The van der Waals surface area contributed by atoms with Gasteiger partial charge in [-0.05, 0) is 27.1 Å². The highest BCUT2D eigenvalue weighted by atomic mass is 16.4. The number of hydrogen-bond donors (Lipinski definition) is 2. The van der Waals surface area contributed by atoms with E-state index in [-0.39, 0.29) is 18.2 Å². The van der Waals surface area contributed by atoms with E-state index in [0.29, 0.717) is 6.54 Å². The van der Waals surface area contributed by atoms with Gasteiger partial charge in [-0.1, -0.05) is 5.16 Å². The summed E-state index contributed by atoms with van der Waals surface area (Å²) in [7, 11) is 5.68. The topological polar surface area (TPSA) is 82.2 Å². The number of nitrogens with zero attached hydrogens (tertiary/aromatic N) is 3. The summed E-state index contributed by atoms with van der Waals surface area (Å²) in [5.74, 6) is -0.191. The minimum absolute atomic E-state index is 0.0328. The van der Waals surface area contributed by atoms with E-state index >= 15 is 0 Å². The van der Waals surface area contributed by atoms with Crippen LogP contribution in [0.5, 0.6) is 0 Å². The molecule has 0 rings (SSSR count). The van der Waals surface area contributed by atoms with Crippen molar-refractivity contribution in [2.24, 2.45) is 10.9 Å². The zero-order chi connectivity index (χ0) is 11.8. The van der Waals surface area contributed by atoms with E-state index in [1.54, 1.807) is 11.9 Å². The lowest BCUT2D eigenvalue weighted by Crippen LogP contribution is -2.32. The van der Waals surface area contributed by atoms with Crippen LogP contribution in [0.1, 0.15) is 12.8 Å². The minimum Gasteiger partial charge on any atom is -0.409 e. The van der Waals surface area contributed by atoms with Crippen molar-refractivity contribution >= 4 is 11.7 Å². The van der Waals surface area contributed by atoms with Crippen LogP contribution < -0.4 is 5.73 Å². The van der Waals surface area contributed by atoms with Gasteiger partial charge in [0.05, 0.1) is 6.42 Å². The molecule has 1 amide bonds. The van der Waals surface area contributed by atoms with E-state index in [1.165, 1.54) is 0 Å². The Morgan fingerprint density at radius 2 is 1.93 bits per heavy atom. The molecule has 0 atom stereocenters. The van der Waals surface area contributed by atoms with E-state index in [1.807, 2.05) is 14.1 Å². The van der Waals surface area contributed by atoms with E-state index < -0.39 is 0 Å². The number of carbonyl (C=O) groups excluding carboxylic acids is 1. The lowest BCUT2D eigenvalue weighted by atomic mass is 10.3. The molecule has 0 aliphatic rings. The quantitative estimate of drug-likeness (QED) is 0.272. The van der Waals surface area contributed by atoms with Crippen LogP contribution in [0.4, 0.5) is 0 Å². The summed E-state index contributed by atoms with van der Waals surface area (Å²) in [6.07, 6.45) is 0.875. The van der Waals surface area contributed by atoms with E-state index in [9.17, 15) is 4.79 Å². The summed E-state index contributed by atoms with van der Waals surface area (Å²) in [6.45, 7) is 1.61. The highest BCUT2D eigenvalue weighted by Gasteiger charge is 2.10. The average molecular weight is 216 g/mol. The maximum atomic E-state index is 11.4. The Morgan fingerprint density at radius 1 is 1.33 bits per heavy atom. The molecule has 0 fully saturated rings. The molecule has 0 unspecified atom stereocenters. The first kappa shape index (κ1) is 13.7. The molecular formula is C9H20N4O2. The Hall–Kier alpha value is -1.30. The van der Waals surface area contributed by atoms with Gasteiger partial charge in [0.15, 0.2) is 0 Å². The Labute approximate surface area is 90.3 Å². The van der Waals surface area contributed by atoms with Crippen LogP contribution in [0.2, 0.25) is 0 Å². The van der Waals surface area contributed by atoms with Crippen LogP contribution in [0.25, 0.3) is 0 Å². The van der Waals surface area contributed by atoms with Crippen molar-refractivity contribution in [3.05, 3.63) is 0 Å². The predicted molar refractivity (Wildman–Crippen MR) is 58.8 cm³/mol. The lowest BCUT2D eigenvalue weighted by Gasteiger charge is -2.18. The van der Waals surface area contributed by atoms with Crippen LogP contribution in [0, 0.1) is 0 Å². The predicted octanol–water partition coefficient (Wildman–Crippen LogP) is -0.467. The number of oxime groups is 1. The van der Waals surface area contributed by atoms with Gasteiger partial charge < -0.3 is 20.7 Å². The Bertz CT molecular complexity index is 228. The van der Waals surface area contributed by atoms with Gasteiger partial charge in [-0.25, -0.2) is 0 Å². The molecule has 0 heterocycles. The number of amides is 1. The zero-order valence-corrected chi connectivity index (χ0v) is 9.60. The summed E-state index contributed by atoms with van der Waals surface area (Å²) in [5, 5.41) is 11.1. The van der Waals surface area contributed by atoms with Gasteiger partial charge in [0.2, 0.25) is 5.91 Å². The number of amidine groups is 1. The first-order valence-corrected chi connectivity index (χ1v) is 4.82. The van der Waals surface area contributed by atoms with Gasteiger partial charge in [-0.3, -0.25) is 4.79 Å². The number of carbonyl (C=O) groups is 1. The van der Waals surface area contributed by atoms with Crippen molar-refractivity contribution in [2.45, 2.75) is 12.8 Å². The highest BCUT2D eigenvalue weighted by Crippen LogP contribution is 1.94. The molecule has 0 saturated carbocycles. The first-order chi connectivity index (χ1) is 6.97. The van der Waals surface area contributed by atoms with Gasteiger partial charge in [-0.15, -0.1) is 0 Å². The van der Waals surface area contributed by atoms with Crippen LogP contribution in [0.3, 0.4) is 0 Å². The van der Waals surface area contributed by atoms with E-state index in [4.69, 9.17) is 10.9 Å². The van der Waals surface area contributed by atoms with Crippen LogP contribution in [0.15, 0.2) is 5.16 Å². The number of rotatable bonds is 6. The molecule has 6 heteroatoms. The maximum Gasteiger partial charge on any atom is 0.230 e. The third-order valence-corrected chi connectivity index (χ3v) is 1.99. The molecule has 0 aromatic heterocycles. The smallest absolute Gasteiger partial charge is 0.230 e. The van der Waals surface area contributed by atoms with Crippen molar-refractivity contribution in [3.63, 3.8) is 0 Å². The third-order valence-electron chi connectivity index (χ3n) is 1.99. The van der Waals surface area contributed by atoms with Gasteiger partial charge in [0.25, 0.3) is 0 Å². The van der Waals surface area contributed by atoms with Gasteiger partial charge in [0.1, 0.15) is 5.84 Å². The zero-order valence-electron chi connectivity index (χ0n) is 9.60. The van der Waals surface area contributed by atoms with Crippen molar-refractivity contribution in [2.75, 3.05) is 34.2 Å². The molecular weight excluding hydrogens is 196 g/mol. The van der Waals surface area contributed by atoms with E-state index in [0.717, 1.165) is 13.0 Å². The SMILES string of the molecule is CN(C)CCCN(C)C(=O)CC(N)=NO. The summed E-state index contributed by atoms with van der Waals surface area (Å²) in [4.78, 5) is 15.1. The maximum absolute atomic E-state index is 11.4. The molecule has 0 aliphatic carbocycles. The second kappa shape index (κ2) is 7.05. The molecule has 0 bridgehead atoms. The van der Waals surface area contributed by atoms with E-state index in [2.05, 4.69) is 10.1 Å². The molecule has 0 aromatic rings. The first-order valence-electron chi connectivity index (χ1n) is 4.82. The summed E-state index contributed by atoms with van der Waals surface area (Å²) < 4.78 is 0. The Balaban J connectivity index is 3.79. The molecule has 3 N–H and O–H groups in total. The number of nitrogens with two attached hydrogens (primary N) is 1. The van der Waals surface area contributed by atoms with Crippen LogP contribution in [-0.2, 0) is 4.79 Å². The van der Waals surface area contributed by atoms with Gasteiger partial charge in [-0.2, -0.15) is 0 Å². The minimum atomic E-state index is -0.135. The van der Waals surface area contributed by atoms with Crippen LogP contribution in [-0.4, -0.2) is 61.0 Å². The highest BCUT2D eigenvalue weighted by molar-refractivity contribution is 5.98. The summed E-state index contributed by atoms with van der Waals surface area (Å²) in [5.41, 5.74) is 5.23. The molecule has 0 saturated heterocycles. The van der Waals surface area contributed by atoms with Gasteiger partial charge >= 0.3 is 0 Å². The lowest BCUT2D eigenvalue weighted by molar-refractivity contribution is -0.128. The molecule has 0 spiro atoms. The van der Waals surface area contributed by atoms with Gasteiger partial charge in [0, 0.05) is 13.6 Å². The van der Waals surface area contributed by atoms with Crippen molar-refractivity contribution in [1.82, 2.24) is 9.80 Å². The average Bonchev–Trinajstić information content (AvgIpc) is 2.16. The molecule has 15 heavy (non-hydrogen) atoms. The molecule has 0 aromatic carbocycles. The Morgan fingerprint density at radius 3 is 2.40 bits per heavy atom. The second-order valence-corrected chi connectivity index (χ2v) is 3.74. The fraction of sp³-hybridized carbons (Fsp3) is 0.778.